The lowest BCUT2D eigenvalue weighted by Crippen LogP contribution is -2.59. The van der Waals surface area contributed by atoms with Crippen molar-refractivity contribution in [1.29, 1.82) is 0 Å². The third kappa shape index (κ3) is 8.51. The number of aryl methyl sites for hydroxylation is 1. The molecule has 262 valence electrons. The highest BCUT2D eigenvalue weighted by Gasteiger charge is 2.47. The summed E-state index contributed by atoms with van der Waals surface area (Å²) in [5.74, 6) is 2.06. The average Bonchev–Trinajstić information content (AvgIpc) is 3.14. The van der Waals surface area contributed by atoms with Gasteiger partial charge in [0, 0.05) is 17.5 Å². The quantitative estimate of drug-likeness (QED) is 0.313. The fourth-order valence-electron chi connectivity index (χ4n) is 6.15. The molecule has 6 rings (SSSR count). The Labute approximate surface area is 290 Å². The number of alkyl halides is 3. The number of hydrogen-bond donors (Lipinski definition) is 1. The van der Waals surface area contributed by atoms with Gasteiger partial charge in [-0.1, -0.05) is 56.0 Å². The maximum Gasteiger partial charge on any atom is 0.431 e. The van der Waals surface area contributed by atoms with Crippen LogP contribution in [0.3, 0.4) is 0 Å². The van der Waals surface area contributed by atoms with Crippen molar-refractivity contribution in [2.75, 3.05) is 30.9 Å². The summed E-state index contributed by atoms with van der Waals surface area (Å²) >= 11 is 7.82. The summed E-state index contributed by atoms with van der Waals surface area (Å²) in [7, 11) is 1.60. The van der Waals surface area contributed by atoms with E-state index in [9.17, 15) is 22.8 Å². The number of hydrogen-bond acceptors (Lipinski definition) is 7. The Morgan fingerprint density at radius 1 is 1.12 bits per heavy atom. The van der Waals surface area contributed by atoms with Crippen LogP contribution in [-0.4, -0.2) is 55.4 Å². The number of benzene rings is 2. The molecule has 1 amide bonds. The maximum absolute atomic E-state index is 14.1. The fraction of sp³-hybridized carbons (Fsp3) is 0.528. The molecular formula is C36H45ClF3N3O4S. The number of anilines is 1. The number of halogens is 4. The van der Waals surface area contributed by atoms with Crippen LogP contribution in [0.1, 0.15) is 88.2 Å². The molecule has 1 atom stereocenters. The third-order valence-corrected chi connectivity index (χ3v) is 10.5. The molecule has 0 saturated heterocycles. The van der Waals surface area contributed by atoms with E-state index in [0.29, 0.717) is 47.3 Å². The molecule has 0 spiro atoms. The standard InChI is InChI=1S/C22H20ClF3N2OS.C9H15NO3.C5H10/c1-12-5-4-6-15(19(12)29-3)20-16-9-14(23)7-8-17(16)28-18(11-30-20)27-10-13(2)21(28)22(24,25)26;1-3-13-8(12)9(5-4-6-9)10-7(2)11;1-5-3-2-4-5/h4-9,20H,10-11H2,1-3H3;3-6H2,1-2H3,(H,10,11);5H,2-4H2,1H3/t20-;;/m1../s1. The van der Waals surface area contributed by atoms with E-state index in [1.807, 2.05) is 25.1 Å². The van der Waals surface area contributed by atoms with Crippen LogP contribution >= 0.6 is 23.4 Å². The lowest BCUT2D eigenvalue weighted by Gasteiger charge is -2.39. The molecule has 2 aliphatic heterocycles. The monoisotopic (exact) mass is 707 g/mol. The van der Waals surface area contributed by atoms with Crippen LogP contribution < -0.4 is 15.0 Å². The van der Waals surface area contributed by atoms with E-state index in [1.165, 1.54) is 49.8 Å². The predicted octanol–water partition coefficient (Wildman–Crippen LogP) is 8.96. The van der Waals surface area contributed by atoms with Gasteiger partial charge in [-0.05, 0) is 80.9 Å². The minimum Gasteiger partial charge on any atom is -0.496 e. The minimum absolute atomic E-state index is 0.0442. The number of amidine groups is 1. The predicted molar refractivity (Wildman–Crippen MR) is 187 cm³/mol. The Hall–Kier alpha value is -3.18. The van der Waals surface area contributed by atoms with E-state index in [4.69, 9.17) is 21.1 Å². The number of rotatable bonds is 5. The summed E-state index contributed by atoms with van der Waals surface area (Å²) in [6, 6.07) is 10.8. The summed E-state index contributed by atoms with van der Waals surface area (Å²) in [6.45, 7) is 9.32. The zero-order valence-corrected chi connectivity index (χ0v) is 30.0. The lowest BCUT2D eigenvalue weighted by molar-refractivity contribution is -0.157. The Kier molecular flexibility index (Phi) is 12.6. The molecule has 2 aromatic rings. The fourth-order valence-corrected chi connectivity index (χ4v) is 7.60. The average molecular weight is 708 g/mol. The number of para-hydroxylation sites is 1. The van der Waals surface area contributed by atoms with Crippen LogP contribution in [0.2, 0.25) is 5.02 Å². The largest absolute Gasteiger partial charge is 0.496 e. The van der Waals surface area contributed by atoms with Gasteiger partial charge in [-0.3, -0.25) is 14.7 Å². The number of aliphatic imine (C=N–C) groups is 1. The molecule has 1 N–H and O–H groups in total. The molecule has 0 unspecified atom stereocenters. The summed E-state index contributed by atoms with van der Waals surface area (Å²) in [5, 5.41) is 2.88. The third-order valence-electron chi connectivity index (χ3n) is 8.96. The molecule has 2 saturated carbocycles. The van der Waals surface area contributed by atoms with Crippen molar-refractivity contribution in [1.82, 2.24) is 5.32 Å². The number of nitrogens with zero attached hydrogens (tertiary/aromatic N) is 2. The van der Waals surface area contributed by atoms with E-state index in [2.05, 4.69) is 17.2 Å². The number of allylic oxidation sites excluding steroid dienone is 1. The second-order valence-corrected chi connectivity index (χ2v) is 14.2. The van der Waals surface area contributed by atoms with Gasteiger partial charge in [0.05, 0.1) is 37.0 Å². The zero-order valence-electron chi connectivity index (χ0n) is 28.4. The molecule has 2 fully saturated rings. The molecule has 2 aromatic carbocycles. The molecule has 48 heavy (non-hydrogen) atoms. The number of amides is 1. The molecule has 4 aliphatic rings. The molecule has 0 aromatic heterocycles. The van der Waals surface area contributed by atoms with Gasteiger partial charge in [0.2, 0.25) is 5.91 Å². The van der Waals surface area contributed by atoms with Crippen molar-refractivity contribution in [3.8, 4) is 5.75 Å². The molecular weight excluding hydrogens is 663 g/mol. The first-order valence-corrected chi connectivity index (χ1v) is 17.8. The Balaban J connectivity index is 0.000000237. The first-order chi connectivity index (χ1) is 22.7. The van der Waals surface area contributed by atoms with Crippen molar-refractivity contribution in [3.63, 3.8) is 0 Å². The molecule has 0 bridgehead atoms. The topological polar surface area (TPSA) is 80.2 Å². The van der Waals surface area contributed by atoms with E-state index in [1.54, 1.807) is 32.2 Å². The van der Waals surface area contributed by atoms with Gasteiger partial charge in [-0.2, -0.15) is 13.2 Å². The number of methoxy groups -OCH3 is 1. The smallest absolute Gasteiger partial charge is 0.431 e. The normalized spacial score (nSPS) is 19.7. The van der Waals surface area contributed by atoms with Crippen molar-refractivity contribution >= 4 is 46.8 Å². The van der Waals surface area contributed by atoms with Gasteiger partial charge < -0.3 is 14.8 Å². The van der Waals surface area contributed by atoms with Crippen LogP contribution in [0.4, 0.5) is 18.9 Å². The van der Waals surface area contributed by atoms with Gasteiger partial charge in [-0.15, -0.1) is 11.8 Å². The van der Waals surface area contributed by atoms with Crippen molar-refractivity contribution in [2.45, 2.75) is 90.1 Å². The number of ether oxygens (including phenoxy) is 2. The lowest BCUT2D eigenvalue weighted by atomic mass is 9.76. The molecule has 7 nitrogen and oxygen atoms in total. The highest BCUT2D eigenvalue weighted by atomic mass is 35.5. The van der Waals surface area contributed by atoms with Crippen LogP contribution in [-0.2, 0) is 14.3 Å². The first kappa shape index (κ1) is 37.6. The number of fused-ring (bicyclic) bond motifs is 3. The van der Waals surface area contributed by atoms with Crippen molar-refractivity contribution < 1.29 is 32.2 Å². The van der Waals surface area contributed by atoms with Crippen LogP contribution in [0, 0.1) is 12.8 Å². The number of carbonyl (C=O) groups excluding carboxylic acids is 2. The molecule has 2 heterocycles. The van der Waals surface area contributed by atoms with Crippen LogP contribution in [0.5, 0.6) is 5.75 Å². The molecule has 2 aliphatic carbocycles. The van der Waals surface area contributed by atoms with Gasteiger partial charge in [0.1, 0.15) is 22.8 Å². The summed E-state index contributed by atoms with van der Waals surface area (Å²) in [6.07, 6.45) is 2.34. The van der Waals surface area contributed by atoms with E-state index < -0.39 is 17.4 Å². The zero-order chi connectivity index (χ0) is 35.2. The highest BCUT2D eigenvalue weighted by molar-refractivity contribution is 8.00. The maximum atomic E-state index is 14.1. The van der Waals surface area contributed by atoms with Crippen molar-refractivity contribution in [3.05, 3.63) is 69.4 Å². The Bertz CT molecular complexity index is 1550. The number of nitrogens with one attached hydrogen (secondary N) is 1. The van der Waals surface area contributed by atoms with Crippen LogP contribution in [0.25, 0.3) is 0 Å². The highest BCUT2D eigenvalue weighted by Crippen LogP contribution is 2.50. The number of carbonyl (C=O) groups is 2. The summed E-state index contributed by atoms with van der Waals surface area (Å²) < 4.78 is 52.7. The van der Waals surface area contributed by atoms with Crippen molar-refractivity contribution in [2.24, 2.45) is 10.9 Å². The number of thioether (sulfide) groups is 1. The summed E-state index contributed by atoms with van der Waals surface area (Å²) in [4.78, 5) is 28.0. The van der Waals surface area contributed by atoms with Gasteiger partial charge >= 0.3 is 12.1 Å². The second kappa shape index (κ2) is 16.0. The van der Waals surface area contributed by atoms with Crippen LogP contribution in [0.15, 0.2) is 52.7 Å². The SMILES string of the molecule is CC1CCC1.CCOC(=O)C1(NC(C)=O)CCC1.COc1c(C)cccc1[C@H]1SCC2=NCC(C)=C(C(F)(F)F)N2c2ccc(Cl)cc21. The molecule has 0 radical (unpaired) electrons. The van der Waals surface area contributed by atoms with Gasteiger partial charge in [0.25, 0.3) is 0 Å². The first-order valence-electron chi connectivity index (χ1n) is 16.3. The molecule has 12 heteroatoms. The Morgan fingerprint density at radius 2 is 1.81 bits per heavy atom. The second-order valence-electron chi connectivity index (χ2n) is 12.7. The van der Waals surface area contributed by atoms with E-state index in [-0.39, 0.29) is 29.2 Å². The minimum atomic E-state index is -4.49. The number of esters is 1. The van der Waals surface area contributed by atoms with E-state index in [0.717, 1.165) is 29.2 Å². The van der Waals surface area contributed by atoms with Gasteiger partial charge in [-0.25, -0.2) is 4.79 Å². The summed E-state index contributed by atoms with van der Waals surface area (Å²) in [5.41, 5.74) is 1.85. The van der Waals surface area contributed by atoms with E-state index >= 15 is 0 Å². The van der Waals surface area contributed by atoms with Gasteiger partial charge in [0.15, 0.2) is 0 Å². The Morgan fingerprint density at radius 3 is 2.33 bits per heavy atom.